The van der Waals surface area contributed by atoms with Crippen molar-refractivity contribution in [2.45, 2.75) is 18.7 Å². The molecule has 0 amide bonds. The van der Waals surface area contributed by atoms with Gasteiger partial charge in [0, 0.05) is 54.0 Å². The number of nitrogens with one attached hydrogen (secondary N) is 1. The first-order valence-electron chi connectivity index (χ1n) is 9.07. The van der Waals surface area contributed by atoms with Crippen LogP contribution in [0.5, 0.6) is 0 Å². The van der Waals surface area contributed by atoms with Crippen molar-refractivity contribution in [1.29, 1.82) is 0 Å². The summed E-state index contributed by atoms with van der Waals surface area (Å²) >= 11 is 0. The van der Waals surface area contributed by atoms with E-state index in [9.17, 15) is 14.6 Å². The van der Waals surface area contributed by atoms with E-state index >= 15 is 0 Å². The lowest BCUT2D eigenvalue weighted by Crippen LogP contribution is -2.54. The number of fused-ring (bicyclic) bond motifs is 3. The molecule has 0 saturated carbocycles. The Labute approximate surface area is 151 Å². The van der Waals surface area contributed by atoms with Gasteiger partial charge in [-0.15, -0.1) is 0 Å². The van der Waals surface area contributed by atoms with Crippen molar-refractivity contribution in [3.8, 4) is 0 Å². The van der Waals surface area contributed by atoms with E-state index < -0.39 is 6.10 Å². The quantitative estimate of drug-likeness (QED) is 0.649. The average molecular weight is 357 g/mol. The van der Waals surface area contributed by atoms with Crippen LogP contribution in [0.4, 0.5) is 4.39 Å². The first kappa shape index (κ1) is 17.4. The molecule has 3 aromatic rings. The molecule has 0 spiro atoms. The van der Waals surface area contributed by atoms with Gasteiger partial charge in [-0.25, -0.2) is 4.39 Å². The van der Waals surface area contributed by atoms with Gasteiger partial charge in [-0.3, -0.25) is 4.90 Å². The van der Waals surface area contributed by atoms with Crippen LogP contribution in [0.1, 0.15) is 0 Å². The molecule has 0 aliphatic carbocycles. The topological polar surface area (TPSA) is 60.7 Å². The Morgan fingerprint density at radius 3 is 2.77 bits per heavy atom. The standard InChI is InChI=1S/C20H24FN3O2/c21-14-5-6-20-18(9-14)17-3-1-2-4-19(17)24(20)12-16(26)11-23-8-7-22-15(10-23)13-25/h1-6,9,15-16,22,25-26H,7-8,10-13H2/t15-,16?/m0/s1. The van der Waals surface area contributed by atoms with Crippen LogP contribution in [-0.4, -0.2) is 64.6 Å². The van der Waals surface area contributed by atoms with Crippen LogP contribution in [0.3, 0.4) is 0 Å². The predicted molar refractivity (Wildman–Crippen MR) is 101 cm³/mol. The number of hydrogen-bond acceptors (Lipinski definition) is 4. The van der Waals surface area contributed by atoms with Crippen LogP contribution in [0, 0.1) is 5.82 Å². The fourth-order valence-electron chi connectivity index (χ4n) is 3.97. The molecule has 1 fully saturated rings. The minimum absolute atomic E-state index is 0.0622. The molecule has 6 heteroatoms. The number of halogens is 1. The second-order valence-electron chi connectivity index (χ2n) is 7.04. The van der Waals surface area contributed by atoms with Gasteiger partial charge in [0.2, 0.25) is 0 Å². The van der Waals surface area contributed by atoms with Crippen molar-refractivity contribution in [3.05, 3.63) is 48.3 Å². The van der Waals surface area contributed by atoms with Gasteiger partial charge in [0.25, 0.3) is 0 Å². The number of aromatic nitrogens is 1. The molecular weight excluding hydrogens is 333 g/mol. The molecular formula is C20H24FN3O2. The van der Waals surface area contributed by atoms with Gasteiger partial charge < -0.3 is 20.1 Å². The summed E-state index contributed by atoms with van der Waals surface area (Å²) in [5, 5.41) is 25.1. The van der Waals surface area contributed by atoms with E-state index in [1.165, 1.54) is 6.07 Å². The third-order valence-corrected chi connectivity index (χ3v) is 5.16. The lowest BCUT2D eigenvalue weighted by atomic mass is 10.1. The molecule has 0 bridgehead atoms. The Balaban J connectivity index is 1.60. The highest BCUT2D eigenvalue weighted by molar-refractivity contribution is 6.08. The molecule has 2 heterocycles. The van der Waals surface area contributed by atoms with E-state index in [1.807, 2.05) is 24.3 Å². The molecule has 26 heavy (non-hydrogen) atoms. The fraction of sp³-hybridized carbons (Fsp3) is 0.400. The van der Waals surface area contributed by atoms with Crippen molar-refractivity contribution in [2.75, 3.05) is 32.8 Å². The van der Waals surface area contributed by atoms with E-state index in [0.29, 0.717) is 13.1 Å². The minimum atomic E-state index is -0.545. The molecule has 1 saturated heterocycles. The Morgan fingerprint density at radius 2 is 1.92 bits per heavy atom. The molecule has 2 atom stereocenters. The van der Waals surface area contributed by atoms with Crippen LogP contribution in [-0.2, 0) is 6.54 Å². The lowest BCUT2D eigenvalue weighted by Gasteiger charge is -2.34. The molecule has 1 aliphatic rings. The first-order chi connectivity index (χ1) is 12.7. The van der Waals surface area contributed by atoms with Crippen molar-refractivity contribution < 1.29 is 14.6 Å². The Hall–Kier alpha value is -1.99. The highest BCUT2D eigenvalue weighted by Gasteiger charge is 2.21. The van der Waals surface area contributed by atoms with Crippen molar-refractivity contribution in [3.63, 3.8) is 0 Å². The van der Waals surface area contributed by atoms with Gasteiger partial charge in [-0.05, 0) is 24.3 Å². The fourth-order valence-corrected chi connectivity index (χ4v) is 3.97. The first-order valence-corrected chi connectivity index (χ1v) is 9.07. The zero-order chi connectivity index (χ0) is 18.1. The third kappa shape index (κ3) is 3.33. The Bertz CT molecular complexity index is 911. The minimum Gasteiger partial charge on any atom is -0.395 e. The van der Waals surface area contributed by atoms with Crippen LogP contribution in [0.15, 0.2) is 42.5 Å². The smallest absolute Gasteiger partial charge is 0.123 e. The lowest BCUT2D eigenvalue weighted by molar-refractivity contribution is 0.0740. The second kappa shape index (κ2) is 7.32. The van der Waals surface area contributed by atoms with Crippen molar-refractivity contribution in [2.24, 2.45) is 0 Å². The molecule has 1 aromatic heterocycles. The van der Waals surface area contributed by atoms with E-state index in [1.54, 1.807) is 12.1 Å². The zero-order valence-corrected chi connectivity index (χ0v) is 14.6. The number of para-hydroxylation sites is 1. The van der Waals surface area contributed by atoms with Gasteiger partial charge in [0.15, 0.2) is 0 Å². The van der Waals surface area contributed by atoms with Gasteiger partial charge in [-0.1, -0.05) is 18.2 Å². The summed E-state index contributed by atoms with van der Waals surface area (Å²) in [4.78, 5) is 2.18. The highest BCUT2D eigenvalue weighted by atomic mass is 19.1. The van der Waals surface area contributed by atoms with Gasteiger partial charge >= 0.3 is 0 Å². The molecule has 4 rings (SSSR count). The summed E-state index contributed by atoms with van der Waals surface area (Å²) in [6.45, 7) is 3.49. The SMILES string of the molecule is OC[C@@H]1CN(CC(O)Cn2c3ccccc3c3cc(F)ccc32)CCN1. The number of aliphatic hydroxyl groups is 2. The molecule has 3 N–H and O–H groups in total. The summed E-state index contributed by atoms with van der Waals surface area (Å²) in [5.41, 5.74) is 1.93. The van der Waals surface area contributed by atoms with E-state index in [4.69, 9.17) is 0 Å². The maximum absolute atomic E-state index is 13.7. The van der Waals surface area contributed by atoms with Crippen molar-refractivity contribution in [1.82, 2.24) is 14.8 Å². The highest BCUT2D eigenvalue weighted by Crippen LogP contribution is 2.29. The molecule has 2 aromatic carbocycles. The largest absolute Gasteiger partial charge is 0.395 e. The number of benzene rings is 2. The van der Waals surface area contributed by atoms with E-state index in [-0.39, 0.29) is 18.5 Å². The third-order valence-electron chi connectivity index (χ3n) is 5.16. The van der Waals surface area contributed by atoms with E-state index in [0.717, 1.165) is 41.4 Å². The summed E-state index contributed by atoms with van der Waals surface area (Å²) in [7, 11) is 0. The predicted octanol–water partition coefficient (Wildman–Crippen LogP) is 1.56. The van der Waals surface area contributed by atoms with Gasteiger partial charge in [0.05, 0.1) is 19.3 Å². The number of nitrogens with zero attached hydrogens (tertiary/aromatic N) is 2. The summed E-state index contributed by atoms with van der Waals surface area (Å²) in [5.74, 6) is -0.253. The van der Waals surface area contributed by atoms with Crippen molar-refractivity contribution >= 4 is 21.8 Å². The maximum atomic E-state index is 13.7. The second-order valence-corrected chi connectivity index (χ2v) is 7.04. The van der Waals surface area contributed by atoms with Crippen LogP contribution in [0.25, 0.3) is 21.8 Å². The Morgan fingerprint density at radius 1 is 1.12 bits per heavy atom. The summed E-state index contributed by atoms with van der Waals surface area (Å²) in [6.07, 6.45) is -0.545. The molecule has 1 aliphatic heterocycles. The van der Waals surface area contributed by atoms with Crippen LogP contribution >= 0.6 is 0 Å². The number of rotatable bonds is 5. The summed E-state index contributed by atoms with van der Waals surface area (Å²) in [6, 6.07) is 12.8. The van der Waals surface area contributed by atoms with Crippen LogP contribution < -0.4 is 5.32 Å². The number of piperazine rings is 1. The molecule has 5 nitrogen and oxygen atoms in total. The monoisotopic (exact) mass is 357 g/mol. The number of hydrogen-bond donors (Lipinski definition) is 3. The van der Waals surface area contributed by atoms with Crippen LogP contribution in [0.2, 0.25) is 0 Å². The number of β-amino-alcohol motifs (C(OH)–C–C–N with tert-alkyl or cyclic N) is 1. The maximum Gasteiger partial charge on any atom is 0.123 e. The van der Waals surface area contributed by atoms with Gasteiger partial charge in [-0.2, -0.15) is 0 Å². The zero-order valence-electron chi connectivity index (χ0n) is 14.6. The van der Waals surface area contributed by atoms with E-state index in [2.05, 4.69) is 14.8 Å². The average Bonchev–Trinajstić information content (AvgIpc) is 2.95. The summed E-state index contributed by atoms with van der Waals surface area (Å²) < 4.78 is 15.8. The molecule has 1 unspecified atom stereocenters. The molecule has 138 valence electrons. The number of aliphatic hydroxyl groups excluding tert-OH is 2. The van der Waals surface area contributed by atoms with Gasteiger partial charge in [0.1, 0.15) is 5.82 Å². The normalized spacial score (nSPS) is 20.0. The Kier molecular flexibility index (Phi) is 4.91. The molecule has 0 radical (unpaired) electrons.